The number of alkyl halides is 3. The highest BCUT2D eigenvalue weighted by Gasteiger charge is 2.33. The highest BCUT2D eigenvalue weighted by molar-refractivity contribution is 9.10. The SMILES string of the molecule is O=C(NC1CCN(Cc2ccc(OC3CCNCC3)c(Br)c2)CC1)c1cc2ccc(-c3ccccc3C(F)(F)F)cc2s1. The molecule has 2 saturated heterocycles. The number of hydrogen-bond donors (Lipinski definition) is 2. The molecule has 2 aliphatic heterocycles. The molecular weight excluding hydrogens is 639 g/mol. The van der Waals surface area contributed by atoms with Crippen LogP contribution in [0.3, 0.4) is 0 Å². The molecule has 0 unspecified atom stereocenters. The summed E-state index contributed by atoms with van der Waals surface area (Å²) in [5.41, 5.74) is 1.17. The van der Waals surface area contributed by atoms with E-state index in [1.54, 1.807) is 24.3 Å². The van der Waals surface area contributed by atoms with Gasteiger partial charge in [0.05, 0.1) is 14.9 Å². The number of fused-ring (bicyclic) bond motifs is 1. The molecule has 10 heteroatoms. The average Bonchev–Trinajstić information content (AvgIpc) is 3.44. The molecule has 226 valence electrons. The number of ether oxygens (including phenoxy) is 1. The van der Waals surface area contributed by atoms with Gasteiger partial charge in [-0.2, -0.15) is 13.2 Å². The molecule has 1 amide bonds. The zero-order valence-corrected chi connectivity index (χ0v) is 26.0. The van der Waals surface area contributed by atoms with Gasteiger partial charge in [0.1, 0.15) is 11.9 Å². The normalized spacial score (nSPS) is 17.3. The quantitative estimate of drug-likeness (QED) is 0.210. The largest absolute Gasteiger partial charge is 0.489 e. The molecule has 0 spiro atoms. The van der Waals surface area contributed by atoms with E-state index in [0.717, 1.165) is 84.8 Å². The monoisotopic (exact) mass is 671 g/mol. The summed E-state index contributed by atoms with van der Waals surface area (Å²) in [4.78, 5) is 16.1. The summed E-state index contributed by atoms with van der Waals surface area (Å²) in [6.45, 7) is 4.58. The Bertz CT molecular complexity index is 1590. The van der Waals surface area contributed by atoms with Crippen LogP contribution in [0.4, 0.5) is 13.2 Å². The maximum absolute atomic E-state index is 13.6. The van der Waals surface area contributed by atoms with Crippen molar-refractivity contribution in [1.82, 2.24) is 15.5 Å². The van der Waals surface area contributed by atoms with Gasteiger partial charge in [-0.1, -0.05) is 36.4 Å². The van der Waals surface area contributed by atoms with E-state index >= 15 is 0 Å². The molecule has 6 rings (SSSR count). The molecule has 0 aliphatic carbocycles. The van der Waals surface area contributed by atoms with E-state index < -0.39 is 11.7 Å². The zero-order chi connectivity index (χ0) is 30.0. The number of amides is 1. The molecule has 0 saturated carbocycles. The fourth-order valence-corrected chi connectivity index (χ4v) is 7.40. The molecule has 2 N–H and O–H groups in total. The first-order valence-electron chi connectivity index (χ1n) is 14.6. The van der Waals surface area contributed by atoms with E-state index in [2.05, 4.69) is 49.7 Å². The third-order valence-corrected chi connectivity index (χ3v) is 9.91. The second-order valence-electron chi connectivity index (χ2n) is 11.3. The summed E-state index contributed by atoms with van der Waals surface area (Å²) < 4.78 is 48.6. The lowest BCUT2D eigenvalue weighted by atomic mass is 9.99. The highest BCUT2D eigenvalue weighted by Crippen LogP contribution is 2.39. The van der Waals surface area contributed by atoms with E-state index in [9.17, 15) is 18.0 Å². The van der Waals surface area contributed by atoms with Crippen LogP contribution in [-0.2, 0) is 12.7 Å². The smallest absolute Gasteiger partial charge is 0.417 e. The summed E-state index contributed by atoms with van der Waals surface area (Å²) in [6, 6.07) is 19.0. The average molecular weight is 673 g/mol. The number of nitrogens with one attached hydrogen (secondary N) is 2. The Kier molecular flexibility index (Phi) is 9.09. The first-order chi connectivity index (χ1) is 20.7. The minimum absolute atomic E-state index is 0.0793. The maximum Gasteiger partial charge on any atom is 0.417 e. The second-order valence-corrected chi connectivity index (χ2v) is 13.2. The summed E-state index contributed by atoms with van der Waals surface area (Å²) in [7, 11) is 0. The van der Waals surface area contributed by atoms with Crippen molar-refractivity contribution >= 4 is 43.3 Å². The Morgan fingerprint density at radius 3 is 2.51 bits per heavy atom. The summed E-state index contributed by atoms with van der Waals surface area (Å²) >= 11 is 5.00. The molecule has 0 bridgehead atoms. The van der Waals surface area contributed by atoms with Gasteiger partial charge in [-0.15, -0.1) is 11.3 Å². The molecule has 3 aromatic carbocycles. The van der Waals surface area contributed by atoms with Gasteiger partial charge in [0.15, 0.2) is 0 Å². The van der Waals surface area contributed by atoms with Crippen LogP contribution in [0.1, 0.15) is 46.5 Å². The third kappa shape index (κ3) is 7.25. The molecule has 1 aromatic heterocycles. The summed E-state index contributed by atoms with van der Waals surface area (Å²) in [5.74, 6) is 0.755. The second kappa shape index (κ2) is 13.0. The Hall–Kier alpha value is -2.92. The van der Waals surface area contributed by atoms with Crippen molar-refractivity contribution < 1.29 is 22.7 Å². The van der Waals surface area contributed by atoms with Crippen molar-refractivity contribution in [2.45, 2.75) is 50.6 Å². The van der Waals surface area contributed by atoms with E-state index in [1.165, 1.54) is 29.0 Å². The molecule has 4 aromatic rings. The van der Waals surface area contributed by atoms with Crippen LogP contribution >= 0.6 is 27.3 Å². The number of rotatable bonds is 7. The van der Waals surface area contributed by atoms with Crippen molar-refractivity contribution in [3.05, 3.63) is 87.2 Å². The highest BCUT2D eigenvalue weighted by atomic mass is 79.9. The lowest BCUT2D eigenvalue weighted by Gasteiger charge is -2.32. The molecule has 5 nitrogen and oxygen atoms in total. The number of likely N-dealkylation sites (tertiary alicyclic amines) is 1. The lowest BCUT2D eigenvalue weighted by molar-refractivity contribution is -0.137. The molecule has 3 heterocycles. The fraction of sp³-hybridized carbons (Fsp3) is 0.364. The first-order valence-corrected chi connectivity index (χ1v) is 16.2. The van der Waals surface area contributed by atoms with Crippen molar-refractivity contribution in [3.8, 4) is 16.9 Å². The van der Waals surface area contributed by atoms with Crippen LogP contribution in [0, 0.1) is 0 Å². The molecular formula is C33H33BrF3N3O2S. The number of thiophene rings is 1. The minimum atomic E-state index is -4.44. The topological polar surface area (TPSA) is 53.6 Å². The lowest BCUT2D eigenvalue weighted by Crippen LogP contribution is -2.44. The van der Waals surface area contributed by atoms with Crippen LogP contribution in [0.25, 0.3) is 21.2 Å². The van der Waals surface area contributed by atoms with E-state index in [4.69, 9.17) is 4.74 Å². The van der Waals surface area contributed by atoms with Crippen molar-refractivity contribution in [3.63, 3.8) is 0 Å². The third-order valence-electron chi connectivity index (χ3n) is 8.19. The van der Waals surface area contributed by atoms with Gasteiger partial charge in [0.2, 0.25) is 0 Å². The van der Waals surface area contributed by atoms with Gasteiger partial charge in [-0.25, -0.2) is 0 Å². The van der Waals surface area contributed by atoms with E-state index in [1.807, 2.05) is 6.07 Å². The first kappa shape index (κ1) is 30.1. The Morgan fingerprint density at radius 1 is 1.00 bits per heavy atom. The number of hydrogen-bond acceptors (Lipinski definition) is 5. The number of benzene rings is 3. The standard InChI is InChI=1S/C33H33BrF3N3O2S/c34-28-17-21(5-8-29(28)42-25-9-13-38-14-10-25)20-40-15-11-24(12-16-40)39-32(41)31-19-23-7-6-22(18-30(23)43-31)26-3-1-2-4-27(26)33(35,36)37/h1-8,17-19,24-25,38H,9-16,20H2,(H,39,41). The Balaban J connectivity index is 1.03. The molecule has 0 atom stereocenters. The van der Waals surface area contributed by atoms with Crippen molar-refractivity contribution in [2.75, 3.05) is 26.2 Å². The van der Waals surface area contributed by atoms with Crippen molar-refractivity contribution in [1.29, 1.82) is 0 Å². The van der Waals surface area contributed by atoms with Crippen molar-refractivity contribution in [2.24, 2.45) is 0 Å². The number of nitrogens with zero attached hydrogens (tertiary/aromatic N) is 1. The number of carbonyl (C=O) groups is 1. The van der Waals surface area contributed by atoms with Crippen LogP contribution in [0.5, 0.6) is 5.75 Å². The van der Waals surface area contributed by atoms with Gasteiger partial charge < -0.3 is 15.4 Å². The van der Waals surface area contributed by atoms with Crippen LogP contribution < -0.4 is 15.4 Å². The number of halogens is 4. The van der Waals surface area contributed by atoms with Gasteiger partial charge >= 0.3 is 6.18 Å². The van der Waals surface area contributed by atoms with Gasteiger partial charge in [-0.3, -0.25) is 9.69 Å². The molecule has 43 heavy (non-hydrogen) atoms. The van der Waals surface area contributed by atoms with Gasteiger partial charge in [0, 0.05) is 30.4 Å². The number of piperidine rings is 2. The predicted octanol–water partition coefficient (Wildman–Crippen LogP) is 7.87. The van der Waals surface area contributed by atoms with Gasteiger partial charge in [-0.05, 0) is 107 Å². The van der Waals surface area contributed by atoms with Crippen LogP contribution in [0.2, 0.25) is 0 Å². The molecule has 0 radical (unpaired) electrons. The molecule has 2 aliphatic rings. The van der Waals surface area contributed by atoms with Crippen LogP contribution in [0.15, 0.2) is 71.2 Å². The summed E-state index contributed by atoms with van der Waals surface area (Å²) in [6.07, 6.45) is -0.443. The minimum Gasteiger partial charge on any atom is -0.489 e. The summed E-state index contributed by atoms with van der Waals surface area (Å²) in [5, 5.41) is 7.38. The zero-order valence-electron chi connectivity index (χ0n) is 23.6. The Morgan fingerprint density at radius 2 is 1.77 bits per heavy atom. The maximum atomic E-state index is 13.6. The fourth-order valence-electron chi connectivity index (χ4n) is 5.87. The van der Waals surface area contributed by atoms with E-state index in [-0.39, 0.29) is 23.6 Å². The Labute approximate surface area is 261 Å². The molecule has 2 fully saturated rings. The predicted molar refractivity (Wildman–Crippen MR) is 169 cm³/mol. The van der Waals surface area contributed by atoms with E-state index in [0.29, 0.717) is 10.4 Å². The van der Waals surface area contributed by atoms with Crippen LogP contribution in [-0.4, -0.2) is 49.1 Å². The van der Waals surface area contributed by atoms with Gasteiger partial charge in [0.25, 0.3) is 5.91 Å². The number of carbonyl (C=O) groups excluding carboxylic acids is 1.